The molecule has 0 atom stereocenters. The molecule has 10 heavy (non-hydrogen) atoms. The van der Waals surface area contributed by atoms with E-state index in [1.54, 1.807) is 0 Å². The van der Waals surface area contributed by atoms with Gasteiger partial charge in [0.1, 0.15) is 5.76 Å². The molecule has 0 aromatic heterocycles. The second-order valence-electron chi connectivity index (χ2n) is 2.30. The van der Waals surface area contributed by atoms with Gasteiger partial charge in [-0.15, -0.1) is 0 Å². The molecule has 54 valence electrons. The molecule has 0 spiro atoms. The van der Waals surface area contributed by atoms with Gasteiger partial charge < -0.3 is 5.11 Å². The van der Waals surface area contributed by atoms with Gasteiger partial charge in [0.25, 0.3) is 0 Å². The maximum absolute atomic E-state index is 10.8. The molecule has 0 saturated carbocycles. The molecule has 3 heteroatoms. The summed E-state index contributed by atoms with van der Waals surface area (Å²) in [5.74, 6) is -0.609. The van der Waals surface area contributed by atoms with Crippen molar-refractivity contribution >= 4 is 11.6 Å². The Labute approximate surface area is 58.4 Å². The van der Waals surface area contributed by atoms with Gasteiger partial charge in [0, 0.05) is 12.8 Å². The third-order valence-corrected chi connectivity index (χ3v) is 1.51. The van der Waals surface area contributed by atoms with Crippen LogP contribution in [0.5, 0.6) is 0 Å². The summed E-state index contributed by atoms with van der Waals surface area (Å²) in [6.07, 6.45) is 0.606. The SMILES string of the molecule is CC(=O)C1=C(O)CCC1=O. The fourth-order valence-electron chi connectivity index (χ4n) is 1.04. The molecule has 1 aliphatic carbocycles. The zero-order valence-corrected chi connectivity index (χ0v) is 5.68. The lowest BCUT2D eigenvalue weighted by atomic mass is 10.1. The first-order valence-corrected chi connectivity index (χ1v) is 3.09. The molecule has 1 rings (SSSR count). The minimum absolute atomic E-state index is 0.000000000000000444. The van der Waals surface area contributed by atoms with Gasteiger partial charge in [-0.25, -0.2) is 0 Å². The molecule has 0 radical (unpaired) electrons. The molecule has 0 amide bonds. The molecule has 1 N–H and O–H groups in total. The van der Waals surface area contributed by atoms with Crippen molar-refractivity contribution in [3.05, 3.63) is 11.3 Å². The van der Waals surface area contributed by atoms with Crippen molar-refractivity contribution in [2.45, 2.75) is 19.8 Å². The third-order valence-electron chi connectivity index (χ3n) is 1.51. The highest BCUT2D eigenvalue weighted by atomic mass is 16.3. The van der Waals surface area contributed by atoms with Crippen molar-refractivity contribution in [2.24, 2.45) is 0 Å². The highest BCUT2D eigenvalue weighted by molar-refractivity contribution is 6.21. The Balaban J connectivity index is 2.99. The summed E-state index contributed by atoms with van der Waals surface area (Å²) in [6.45, 7) is 1.29. The number of aliphatic hydroxyl groups is 1. The lowest BCUT2D eigenvalue weighted by molar-refractivity contribution is -0.119. The normalized spacial score (nSPS) is 18.3. The van der Waals surface area contributed by atoms with Crippen LogP contribution in [-0.4, -0.2) is 16.7 Å². The quantitative estimate of drug-likeness (QED) is 0.547. The molecule has 0 unspecified atom stereocenters. The minimum Gasteiger partial charge on any atom is -0.511 e. The summed E-state index contributed by atoms with van der Waals surface area (Å²) in [5, 5.41) is 8.97. The Bertz CT molecular complexity index is 225. The number of allylic oxidation sites excluding steroid dienone is 2. The van der Waals surface area contributed by atoms with Crippen LogP contribution < -0.4 is 0 Å². The van der Waals surface area contributed by atoms with Gasteiger partial charge in [0.2, 0.25) is 0 Å². The number of ketones is 2. The second-order valence-corrected chi connectivity index (χ2v) is 2.30. The van der Waals surface area contributed by atoms with E-state index in [1.807, 2.05) is 0 Å². The largest absolute Gasteiger partial charge is 0.511 e. The highest BCUT2D eigenvalue weighted by Gasteiger charge is 2.25. The van der Waals surface area contributed by atoms with Crippen LogP contribution in [-0.2, 0) is 9.59 Å². The maximum Gasteiger partial charge on any atom is 0.170 e. The molecular formula is C7H8O3. The highest BCUT2D eigenvalue weighted by Crippen LogP contribution is 2.20. The van der Waals surface area contributed by atoms with Crippen molar-refractivity contribution < 1.29 is 14.7 Å². The Hall–Kier alpha value is -1.12. The van der Waals surface area contributed by atoms with Crippen LogP contribution in [0.1, 0.15) is 19.8 Å². The fraction of sp³-hybridized carbons (Fsp3) is 0.429. The number of hydrogen-bond donors (Lipinski definition) is 1. The predicted octanol–water partition coefficient (Wildman–Crippen LogP) is 0.750. The van der Waals surface area contributed by atoms with Crippen molar-refractivity contribution in [1.82, 2.24) is 0 Å². The Morgan fingerprint density at radius 3 is 2.30 bits per heavy atom. The van der Waals surface area contributed by atoms with Crippen LogP contribution in [0.3, 0.4) is 0 Å². The van der Waals surface area contributed by atoms with Crippen LogP contribution in [0.2, 0.25) is 0 Å². The second kappa shape index (κ2) is 2.25. The lowest BCUT2D eigenvalue weighted by Crippen LogP contribution is -2.05. The first-order valence-electron chi connectivity index (χ1n) is 3.09. The molecule has 3 nitrogen and oxygen atoms in total. The molecule has 0 heterocycles. The van der Waals surface area contributed by atoms with Gasteiger partial charge in [-0.1, -0.05) is 0 Å². The number of hydrogen-bond acceptors (Lipinski definition) is 3. The van der Waals surface area contributed by atoms with E-state index in [-0.39, 0.29) is 29.3 Å². The first kappa shape index (κ1) is 6.99. The van der Waals surface area contributed by atoms with Gasteiger partial charge in [0.05, 0.1) is 5.57 Å². The number of rotatable bonds is 1. The van der Waals surface area contributed by atoms with E-state index in [9.17, 15) is 9.59 Å². The Morgan fingerprint density at radius 2 is 2.10 bits per heavy atom. The fourth-order valence-corrected chi connectivity index (χ4v) is 1.04. The molecule has 0 saturated heterocycles. The summed E-state index contributed by atoms with van der Waals surface area (Å²) in [7, 11) is 0. The molecule has 0 aromatic carbocycles. The van der Waals surface area contributed by atoms with Crippen LogP contribution in [0, 0.1) is 0 Å². The van der Waals surface area contributed by atoms with Crippen LogP contribution in [0.4, 0.5) is 0 Å². The van der Waals surface area contributed by atoms with Crippen molar-refractivity contribution in [3.8, 4) is 0 Å². The number of Topliss-reactive ketones (excluding diaryl/α,β-unsaturated/α-hetero) is 2. The van der Waals surface area contributed by atoms with Gasteiger partial charge in [-0.2, -0.15) is 0 Å². The van der Waals surface area contributed by atoms with E-state index >= 15 is 0 Å². The standard InChI is InChI=1S/C7H8O3/c1-4(8)7-5(9)2-3-6(7)10/h9H,2-3H2,1H3. The van der Waals surface area contributed by atoms with Crippen molar-refractivity contribution in [2.75, 3.05) is 0 Å². The summed E-state index contributed by atoms with van der Waals surface area (Å²) in [4.78, 5) is 21.4. The van der Waals surface area contributed by atoms with Gasteiger partial charge in [0.15, 0.2) is 11.6 Å². The minimum atomic E-state index is -0.333. The average Bonchev–Trinajstić information content (AvgIpc) is 2.11. The molecular weight excluding hydrogens is 132 g/mol. The van der Waals surface area contributed by atoms with E-state index in [1.165, 1.54) is 6.92 Å². The van der Waals surface area contributed by atoms with Crippen molar-refractivity contribution in [1.29, 1.82) is 0 Å². The van der Waals surface area contributed by atoms with Crippen LogP contribution >= 0.6 is 0 Å². The lowest BCUT2D eigenvalue weighted by Gasteiger charge is -1.91. The van der Waals surface area contributed by atoms with Gasteiger partial charge >= 0.3 is 0 Å². The van der Waals surface area contributed by atoms with E-state index in [2.05, 4.69) is 0 Å². The summed E-state index contributed by atoms with van der Waals surface area (Å²) in [5.41, 5.74) is 0.000000000000000444. The van der Waals surface area contributed by atoms with Crippen LogP contribution in [0.25, 0.3) is 0 Å². The Kier molecular flexibility index (Phi) is 1.57. The molecule has 0 bridgehead atoms. The van der Waals surface area contributed by atoms with E-state index in [4.69, 9.17) is 5.11 Å². The van der Waals surface area contributed by atoms with Crippen molar-refractivity contribution in [3.63, 3.8) is 0 Å². The summed E-state index contributed by atoms with van der Waals surface area (Å²) < 4.78 is 0. The zero-order chi connectivity index (χ0) is 7.72. The third kappa shape index (κ3) is 0.943. The zero-order valence-electron chi connectivity index (χ0n) is 5.68. The van der Waals surface area contributed by atoms with Crippen LogP contribution in [0.15, 0.2) is 11.3 Å². The number of aliphatic hydroxyl groups excluding tert-OH is 1. The number of carbonyl (C=O) groups is 2. The number of carbonyl (C=O) groups excluding carboxylic acids is 2. The van der Waals surface area contributed by atoms with Gasteiger partial charge in [-0.3, -0.25) is 9.59 Å². The van der Waals surface area contributed by atoms with Gasteiger partial charge in [-0.05, 0) is 6.92 Å². The van der Waals surface area contributed by atoms with E-state index < -0.39 is 0 Å². The average molecular weight is 140 g/mol. The maximum atomic E-state index is 10.8. The summed E-state index contributed by atoms with van der Waals surface area (Å²) in [6, 6.07) is 0. The predicted molar refractivity (Wildman–Crippen MR) is 34.6 cm³/mol. The smallest absolute Gasteiger partial charge is 0.170 e. The monoisotopic (exact) mass is 140 g/mol. The summed E-state index contributed by atoms with van der Waals surface area (Å²) >= 11 is 0. The van der Waals surface area contributed by atoms with E-state index in [0.29, 0.717) is 6.42 Å². The molecule has 0 fully saturated rings. The Morgan fingerprint density at radius 1 is 1.50 bits per heavy atom. The topological polar surface area (TPSA) is 54.4 Å². The van der Waals surface area contributed by atoms with E-state index in [0.717, 1.165) is 0 Å². The molecule has 1 aliphatic rings. The first-order chi connectivity index (χ1) is 4.63. The molecule has 0 aliphatic heterocycles. The molecule has 0 aromatic rings.